The Labute approximate surface area is 127 Å². The fraction of sp³-hybridized carbons (Fsp3) is 0.286. The third-order valence-electron chi connectivity index (χ3n) is 3.00. The molecule has 116 valence electrons. The van der Waals surface area contributed by atoms with Gasteiger partial charge >= 0.3 is 5.69 Å². The van der Waals surface area contributed by atoms with Crippen LogP contribution in [0.3, 0.4) is 0 Å². The lowest BCUT2D eigenvalue weighted by Crippen LogP contribution is -2.34. The molecule has 1 aromatic carbocycles. The Kier molecular flexibility index (Phi) is 5.47. The van der Waals surface area contributed by atoms with E-state index in [1.807, 2.05) is 30.3 Å². The van der Waals surface area contributed by atoms with Crippen LogP contribution in [0.1, 0.15) is 5.56 Å². The van der Waals surface area contributed by atoms with Crippen LogP contribution >= 0.6 is 0 Å². The first-order chi connectivity index (χ1) is 10.6. The maximum Gasteiger partial charge on any atom is 0.306 e. The van der Waals surface area contributed by atoms with Crippen LogP contribution in [-0.2, 0) is 13.0 Å². The van der Waals surface area contributed by atoms with Crippen molar-refractivity contribution in [1.29, 1.82) is 0 Å². The van der Waals surface area contributed by atoms with Gasteiger partial charge in [0.1, 0.15) is 12.4 Å². The van der Waals surface area contributed by atoms with Crippen LogP contribution in [0.15, 0.2) is 47.7 Å². The minimum Gasteiger partial charge on any atom is -0.370 e. The number of benzene rings is 1. The molecule has 0 fully saturated rings. The van der Waals surface area contributed by atoms with Crippen LogP contribution < -0.4 is 11.1 Å². The van der Waals surface area contributed by atoms with Gasteiger partial charge in [-0.2, -0.15) is 5.10 Å². The number of rotatable bonds is 7. The fourth-order valence-electron chi connectivity index (χ4n) is 1.87. The average Bonchev–Trinajstić information content (AvgIpc) is 2.97. The number of guanidine groups is 1. The standard InChI is InChI=1S/C14H18N6O2/c15-14(16-7-6-12-4-2-1-3-5-12)17-8-9-19-11-13(10-18-19)20(21)22/h1-5,10-11H,6-9H2,(H3,15,16,17). The van der Waals surface area contributed by atoms with E-state index in [-0.39, 0.29) is 5.69 Å². The van der Waals surface area contributed by atoms with Gasteiger partial charge in [-0.1, -0.05) is 30.3 Å². The molecule has 0 aliphatic heterocycles. The van der Waals surface area contributed by atoms with Gasteiger partial charge in [-0.3, -0.25) is 19.8 Å². The second-order valence-electron chi connectivity index (χ2n) is 4.65. The normalized spacial score (nSPS) is 11.4. The third kappa shape index (κ3) is 4.89. The number of hydrogen-bond acceptors (Lipinski definition) is 4. The molecule has 2 aromatic rings. The molecule has 0 atom stereocenters. The summed E-state index contributed by atoms with van der Waals surface area (Å²) in [5.74, 6) is 0.359. The molecule has 8 nitrogen and oxygen atoms in total. The Morgan fingerprint density at radius 1 is 1.41 bits per heavy atom. The molecule has 0 aliphatic carbocycles. The van der Waals surface area contributed by atoms with E-state index in [1.165, 1.54) is 22.6 Å². The first-order valence-corrected chi connectivity index (χ1v) is 6.90. The summed E-state index contributed by atoms with van der Waals surface area (Å²) in [6.45, 7) is 1.58. The van der Waals surface area contributed by atoms with Crippen molar-refractivity contribution < 1.29 is 4.92 Å². The topological polar surface area (TPSA) is 111 Å². The maximum absolute atomic E-state index is 10.5. The van der Waals surface area contributed by atoms with Crippen LogP contribution in [-0.4, -0.2) is 33.8 Å². The summed E-state index contributed by atoms with van der Waals surface area (Å²) >= 11 is 0. The van der Waals surface area contributed by atoms with Gasteiger partial charge in [0.2, 0.25) is 0 Å². The number of nitrogens with zero attached hydrogens (tertiary/aromatic N) is 4. The number of nitrogens with two attached hydrogens (primary N) is 1. The summed E-state index contributed by atoms with van der Waals surface area (Å²) in [7, 11) is 0. The molecular formula is C14H18N6O2. The van der Waals surface area contributed by atoms with Crippen LogP contribution in [0.4, 0.5) is 5.69 Å². The van der Waals surface area contributed by atoms with E-state index in [0.29, 0.717) is 25.6 Å². The highest BCUT2D eigenvalue weighted by atomic mass is 16.6. The minimum absolute atomic E-state index is 0.0236. The number of nitrogens with one attached hydrogen (secondary N) is 1. The van der Waals surface area contributed by atoms with Crippen molar-refractivity contribution in [2.24, 2.45) is 10.7 Å². The molecule has 0 amide bonds. The lowest BCUT2D eigenvalue weighted by Gasteiger charge is -2.05. The van der Waals surface area contributed by atoms with Gasteiger partial charge < -0.3 is 11.1 Å². The molecule has 1 aromatic heterocycles. The van der Waals surface area contributed by atoms with Crippen LogP contribution in [0.2, 0.25) is 0 Å². The Morgan fingerprint density at radius 3 is 2.86 bits per heavy atom. The predicted octanol–water partition coefficient (Wildman–Crippen LogP) is 0.938. The molecule has 0 spiro atoms. The largest absolute Gasteiger partial charge is 0.370 e. The van der Waals surface area contributed by atoms with Crippen molar-refractivity contribution >= 4 is 11.6 Å². The summed E-state index contributed by atoms with van der Waals surface area (Å²) < 4.78 is 1.49. The maximum atomic E-state index is 10.5. The third-order valence-corrected chi connectivity index (χ3v) is 3.00. The van der Waals surface area contributed by atoms with Gasteiger partial charge in [-0.05, 0) is 12.0 Å². The van der Waals surface area contributed by atoms with Crippen molar-refractivity contribution in [3.8, 4) is 0 Å². The summed E-state index contributed by atoms with van der Waals surface area (Å²) in [5, 5.41) is 17.4. The SMILES string of the molecule is NC(=NCCc1ccccc1)NCCn1cc([N+](=O)[O-])cn1. The number of hydrogen-bond donors (Lipinski definition) is 2. The molecule has 3 N–H and O–H groups in total. The molecule has 0 radical (unpaired) electrons. The molecule has 0 saturated carbocycles. The minimum atomic E-state index is -0.476. The zero-order chi connectivity index (χ0) is 15.8. The van der Waals surface area contributed by atoms with Crippen molar-refractivity contribution in [3.63, 3.8) is 0 Å². The monoisotopic (exact) mass is 302 g/mol. The molecule has 2 rings (SSSR count). The molecule has 1 heterocycles. The molecule has 0 bridgehead atoms. The van der Waals surface area contributed by atoms with Crippen molar-refractivity contribution in [2.75, 3.05) is 13.1 Å². The molecule has 0 aliphatic rings. The molecule has 8 heteroatoms. The quantitative estimate of drug-likeness (QED) is 0.342. The Balaban J connectivity index is 1.69. The van der Waals surface area contributed by atoms with Crippen molar-refractivity contribution in [3.05, 3.63) is 58.4 Å². The molecular weight excluding hydrogens is 284 g/mol. The highest BCUT2D eigenvalue weighted by Gasteiger charge is 2.07. The van der Waals surface area contributed by atoms with Crippen molar-refractivity contribution in [1.82, 2.24) is 15.1 Å². The first kappa shape index (κ1) is 15.5. The lowest BCUT2D eigenvalue weighted by atomic mass is 10.2. The second-order valence-corrected chi connectivity index (χ2v) is 4.65. The van der Waals surface area contributed by atoms with E-state index in [9.17, 15) is 10.1 Å². The first-order valence-electron chi connectivity index (χ1n) is 6.90. The smallest absolute Gasteiger partial charge is 0.306 e. The van der Waals surface area contributed by atoms with E-state index in [1.54, 1.807) is 0 Å². The summed E-state index contributed by atoms with van der Waals surface area (Å²) in [4.78, 5) is 14.3. The van der Waals surface area contributed by atoms with Gasteiger partial charge in [0, 0.05) is 13.1 Å². The summed E-state index contributed by atoms with van der Waals surface area (Å²) in [6.07, 6.45) is 3.43. The Hall–Kier alpha value is -2.90. The zero-order valence-corrected chi connectivity index (χ0v) is 12.1. The summed E-state index contributed by atoms with van der Waals surface area (Å²) in [5.41, 5.74) is 6.94. The van der Waals surface area contributed by atoms with Crippen LogP contribution in [0, 0.1) is 10.1 Å². The highest BCUT2D eigenvalue weighted by molar-refractivity contribution is 5.77. The van der Waals surface area contributed by atoms with Crippen LogP contribution in [0.5, 0.6) is 0 Å². The molecule has 0 saturated heterocycles. The van der Waals surface area contributed by atoms with Crippen LogP contribution in [0.25, 0.3) is 0 Å². The zero-order valence-electron chi connectivity index (χ0n) is 12.1. The Morgan fingerprint density at radius 2 is 2.18 bits per heavy atom. The Bertz CT molecular complexity index is 638. The molecule has 22 heavy (non-hydrogen) atoms. The van der Waals surface area contributed by atoms with Gasteiger partial charge in [0.25, 0.3) is 0 Å². The summed E-state index contributed by atoms with van der Waals surface area (Å²) in [6, 6.07) is 10.0. The number of nitro groups is 1. The second kappa shape index (κ2) is 7.77. The average molecular weight is 302 g/mol. The van der Waals surface area contributed by atoms with E-state index in [4.69, 9.17) is 5.73 Å². The fourth-order valence-corrected chi connectivity index (χ4v) is 1.87. The van der Waals surface area contributed by atoms with E-state index in [2.05, 4.69) is 15.4 Å². The number of aromatic nitrogens is 2. The van der Waals surface area contributed by atoms with E-state index >= 15 is 0 Å². The van der Waals surface area contributed by atoms with E-state index in [0.717, 1.165) is 6.42 Å². The highest BCUT2D eigenvalue weighted by Crippen LogP contribution is 2.06. The molecule has 0 unspecified atom stereocenters. The van der Waals surface area contributed by atoms with Gasteiger partial charge in [-0.15, -0.1) is 0 Å². The predicted molar refractivity (Wildman–Crippen MR) is 83.5 cm³/mol. The van der Waals surface area contributed by atoms with Gasteiger partial charge in [0.15, 0.2) is 5.96 Å². The van der Waals surface area contributed by atoms with Gasteiger partial charge in [-0.25, -0.2) is 0 Å². The van der Waals surface area contributed by atoms with Gasteiger partial charge in [0.05, 0.1) is 11.5 Å². The van der Waals surface area contributed by atoms with Crippen molar-refractivity contribution in [2.45, 2.75) is 13.0 Å². The van der Waals surface area contributed by atoms with E-state index < -0.39 is 4.92 Å². The number of aliphatic imine (C=N–C) groups is 1. The lowest BCUT2D eigenvalue weighted by molar-refractivity contribution is -0.385.